The Labute approximate surface area is 115 Å². The number of rotatable bonds is 5. The lowest BCUT2D eigenvalue weighted by Crippen LogP contribution is -2.33. The summed E-state index contributed by atoms with van der Waals surface area (Å²) in [6.45, 7) is -4.86. The molecule has 0 saturated carbocycles. The molecule has 0 aliphatic heterocycles. The van der Waals surface area contributed by atoms with Gasteiger partial charge >= 0.3 is 6.98 Å². The van der Waals surface area contributed by atoms with E-state index in [9.17, 15) is 12.9 Å². The number of methoxy groups -OCH3 is 1. The molecule has 0 saturated heterocycles. The van der Waals surface area contributed by atoms with E-state index in [4.69, 9.17) is 9.47 Å². The Hall–Kier alpha value is -2.11. The predicted octanol–water partition coefficient (Wildman–Crippen LogP) is 3.33. The largest absolute Gasteiger partial charge is 0.509 e. The van der Waals surface area contributed by atoms with Crippen LogP contribution in [-0.4, -0.2) is 14.1 Å². The molecule has 2 rings (SSSR count). The Balaban J connectivity index is 2.11. The van der Waals surface area contributed by atoms with Crippen LogP contribution in [0.15, 0.2) is 48.5 Å². The first-order chi connectivity index (χ1) is 9.50. The van der Waals surface area contributed by atoms with Gasteiger partial charge in [-0.2, -0.15) is 0 Å². The summed E-state index contributed by atoms with van der Waals surface area (Å²) in [4.78, 5) is 0. The Kier molecular flexibility index (Phi) is 4.22. The van der Waals surface area contributed by atoms with Gasteiger partial charge in [-0.15, -0.1) is 5.46 Å². The van der Waals surface area contributed by atoms with Gasteiger partial charge in [0.1, 0.15) is 18.1 Å². The van der Waals surface area contributed by atoms with Gasteiger partial charge in [-0.05, 0) is 18.2 Å². The second-order valence-electron chi connectivity index (χ2n) is 4.25. The lowest BCUT2D eigenvalue weighted by molar-refractivity contribution is 0.296. The second-order valence-corrected chi connectivity index (χ2v) is 4.25. The average molecular weight is 281 g/mol. The highest BCUT2D eigenvalue weighted by Gasteiger charge is 2.25. The monoisotopic (exact) mass is 281 g/mol. The summed E-state index contributed by atoms with van der Waals surface area (Å²) in [7, 11) is 1.53. The summed E-state index contributed by atoms with van der Waals surface area (Å²) < 4.78 is 48.5. The fourth-order valence-corrected chi connectivity index (χ4v) is 1.79. The Morgan fingerprint density at radius 3 is 2.45 bits per heavy atom. The molecule has 20 heavy (non-hydrogen) atoms. The molecule has 0 radical (unpaired) electrons. The van der Waals surface area contributed by atoms with Gasteiger partial charge in [-0.25, -0.2) is 0 Å². The van der Waals surface area contributed by atoms with E-state index in [0.717, 1.165) is 17.7 Å². The van der Waals surface area contributed by atoms with Crippen LogP contribution in [0.25, 0.3) is 0 Å². The minimum absolute atomic E-state index is 0.151. The quantitative estimate of drug-likeness (QED) is 0.783. The van der Waals surface area contributed by atoms with Gasteiger partial charge in [-0.3, -0.25) is 0 Å². The predicted molar refractivity (Wildman–Crippen MR) is 72.5 cm³/mol. The summed E-state index contributed by atoms with van der Waals surface area (Å²) in [6, 6.07) is 12.1. The van der Waals surface area contributed by atoms with E-state index in [1.807, 2.05) is 12.1 Å². The normalized spacial score (nSPS) is 11.2. The first-order valence-electron chi connectivity index (χ1n) is 6.05. The fourth-order valence-electron chi connectivity index (χ4n) is 1.79. The molecular weight excluding hydrogens is 268 g/mol. The SMILES string of the molecule is COc1ccccc1COc1cccc([B-](F)(F)F)c1. The van der Waals surface area contributed by atoms with Gasteiger partial charge < -0.3 is 22.4 Å². The standard InChI is InChI=1S/C14H13BF3O2/c1-19-14-8-3-2-5-11(14)10-20-13-7-4-6-12(9-13)15(16,17)18/h2-9H,10H2,1H3/q-1. The zero-order valence-corrected chi connectivity index (χ0v) is 10.9. The Morgan fingerprint density at radius 1 is 1.00 bits per heavy atom. The zero-order chi connectivity index (χ0) is 14.6. The number of halogens is 3. The smallest absolute Gasteiger partial charge is 0.496 e. The minimum Gasteiger partial charge on any atom is -0.496 e. The Morgan fingerprint density at radius 2 is 1.75 bits per heavy atom. The van der Waals surface area contributed by atoms with E-state index in [2.05, 4.69) is 0 Å². The molecule has 0 unspecified atom stereocenters. The van der Waals surface area contributed by atoms with Crippen molar-refractivity contribution in [2.24, 2.45) is 0 Å². The molecule has 0 heterocycles. The molecule has 106 valence electrons. The van der Waals surface area contributed by atoms with Crippen LogP contribution in [0.2, 0.25) is 0 Å². The van der Waals surface area contributed by atoms with Gasteiger partial charge in [0.15, 0.2) is 0 Å². The third-order valence-electron chi connectivity index (χ3n) is 2.82. The second kappa shape index (κ2) is 5.90. The number of hydrogen-bond acceptors (Lipinski definition) is 2. The molecule has 0 atom stereocenters. The molecule has 0 aliphatic rings. The Bertz CT molecular complexity index is 585. The summed E-state index contributed by atoms with van der Waals surface area (Å²) >= 11 is 0. The zero-order valence-electron chi connectivity index (χ0n) is 10.9. The summed E-state index contributed by atoms with van der Waals surface area (Å²) in [6.07, 6.45) is 0. The first kappa shape index (κ1) is 14.3. The van der Waals surface area contributed by atoms with Crippen molar-refractivity contribution in [2.75, 3.05) is 7.11 Å². The highest BCUT2D eigenvalue weighted by molar-refractivity contribution is 6.73. The lowest BCUT2D eigenvalue weighted by atomic mass is 9.80. The molecule has 2 nitrogen and oxygen atoms in total. The van der Waals surface area contributed by atoms with Crippen molar-refractivity contribution in [3.8, 4) is 11.5 Å². The molecule has 0 fully saturated rings. The molecule has 0 spiro atoms. The van der Waals surface area contributed by atoms with Crippen molar-refractivity contribution in [3.05, 3.63) is 54.1 Å². The number of hydrogen-bond donors (Lipinski definition) is 0. The van der Waals surface area contributed by atoms with Gasteiger partial charge in [-0.1, -0.05) is 30.3 Å². The van der Waals surface area contributed by atoms with Crippen LogP contribution < -0.4 is 14.9 Å². The fraction of sp³-hybridized carbons (Fsp3) is 0.143. The van der Waals surface area contributed by atoms with Crippen LogP contribution in [0.4, 0.5) is 12.9 Å². The van der Waals surface area contributed by atoms with Crippen molar-refractivity contribution in [3.63, 3.8) is 0 Å². The van der Waals surface area contributed by atoms with Crippen LogP contribution in [-0.2, 0) is 6.61 Å². The van der Waals surface area contributed by atoms with E-state index in [1.165, 1.54) is 19.2 Å². The average Bonchev–Trinajstić information content (AvgIpc) is 2.45. The number of ether oxygens (including phenoxy) is 2. The summed E-state index contributed by atoms with van der Waals surface area (Å²) in [5, 5.41) is 0. The minimum atomic E-state index is -5.01. The van der Waals surface area contributed by atoms with E-state index in [-0.39, 0.29) is 12.4 Å². The molecule has 0 aromatic heterocycles. The molecule has 0 bridgehead atoms. The maximum absolute atomic E-state index is 12.6. The topological polar surface area (TPSA) is 18.5 Å². The van der Waals surface area contributed by atoms with Gasteiger partial charge in [0.05, 0.1) is 7.11 Å². The number of para-hydroxylation sites is 1. The summed E-state index contributed by atoms with van der Waals surface area (Å²) in [5.41, 5.74) is 0.112. The van der Waals surface area contributed by atoms with E-state index >= 15 is 0 Å². The van der Waals surface area contributed by atoms with Crippen molar-refractivity contribution in [2.45, 2.75) is 6.61 Å². The van der Waals surface area contributed by atoms with Crippen molar-refractivity contribution in [1.29, 1.82) is 0 Å². The molecule has 0 amide bonds. The molecule has 6 heteroatoms. The van der Waals surface area contributed by atoms with E-state index < -0.39 is 12.4 Å². The van der Waals surface area contributed by atoms with Crippen molar-refractivity contribution < 1.29 is 22.4 Å². The maximum Gasteiger partial charge on any atom is 0.509 e. The molecular formula is C14H13BF3O2-. The maximum atomic E-state index is 12.6. The van der Waals surface area contributed by atoms with Crippen LogP contribution in [0.1, 0.15) is 5.56 Å². The van der Waals surface area contributed by atoms with Crippen LogP contribution in [0.5, 0.6) is 11.5 Å². The third kappa shape index (κ3) is 3.47. The lowest BCUT2D eigenvalue weighted by Gasteiger charge is -2.16. The van der Waals surface area contributed by atoms with Gasteiger partial charge in [0, 0.05) is 5.56 Å². The van der Waals surface area contributed by atoms with E-state index in [1.54, 1.807) is 12.1 Å². The van der Waals surface area contributed by atoms with Crippen molar-refractivity contribution >= 4 is 12.4 Å². The first-order valence-corrected chi connectivity index (χ1v) is 6.05. The van der Waals surface area contributed by atoms with Crippen LogP contribution in [0, 0.1) is 0 Å². The van der Waals surface area contributed by atoms with Crippen molar-refractivity contribution in [1.82, 2.24) is 0 Å². The number of benzene rings is 2. The highest BCUT2D eigenvalue weighted by atomic mass is 19.4. The van der Waals surface area contributed by atoms with Gasteiger partial charge in [0.2, 0.25) is 0 Å². The molecule has 2 aromatic carbocycles. The van der Waals surface area contributed by atoms with E-state index in [0.29, 0.717) is 5.75 Å². The summed E-state index contributed by atoms with van der Waals surface area (Å²) in [5.74, 6) is 0.830. The highest BCUT2D eigenvalue weighted by Crippen LogP contribution is 2.20. The van der Waals surface area contributed by atoms with Crippen LogP contribution in [0.3, 0.4) is 0 Å². The molecule has 2 aromatic rings. The molecule has 0 N–H and O–H groups in total. The van der Waals surface area contributed by atoms with Gasteiger partial charge in [0.25, 0.3) is 0 Å². The molecule has 0 aliphatic carbocycles. The van der Waals surface area contributed by atoms with Crippen LogP contribution >= 0.6 is 0 Å². The third-order valence-corrected chi connectivity index (χ3v) is 2.82.